The number of benzene rings is 2. The molecule has 2 heterocycles. The van der Waals surface area contributed by atoms with Gasteiger partial charge in [0.15, 0.2) is 0 Å². The molecule has 1 saturated carbocycles. The third kappa shape index (κ3) is 4.72. The number of hydrogen-bond donors (Lipinski definition) is 3. The first kappa shape index (κ1) is 25.3. The molecule has 3 N–H and O–H groups in total. The van der Waals surface area contributed by atoms with Gasteiger partial charge in [0.05, 0.1) is 21.8 Å². The van der Waals surface area contributed by atoms with Crippen molar-refractivity contribution in [2.75, 3.05) is 13.6 Å². The molecule has 4 aromatic rings. The van der Waals surface area contributed by atoms with E-state index in [0.29, 0.717) is 10.4 Å². The van der Waals surface area contributed by atoms with Crippen LogP contribution >= 0.6 is 12.2 Å². The number of thiocarbonyl (C=S) groups is 1. The number of amides is 1. The second kappa shape index (κ2) is 10.2. The maximum atomic E-state index is 13.1. The number of carbonyl (C=O) groups is 1. The van der Waals surface area contributed by atoms with Crippen LogP contribution in [0.2, 0.25) is 0 Å². The maximum absolute atomic E-state index is 13.1. The van der Waals surface area contributed by atoms with Crippen LogP contribution in [0.1, 0.15) is 31.2 Å². The molecule has 5 rings (SSSR count). The van der Waals surface area contributed by atoms with Gasteiger partial charge in [0.2, 0.25) is 15.9 Å². The lowest BCUT2D eigenvalue weighted by Crippen LogP contribution is -2.59. The molecule has 2 unspecified atom stereocenters. The number of nitrogens with one attached hydrogen (secondary N) is 3. The second-order valence-corrected chi connectivity index (χ2v) is 11.5. The number of rotatable bonds is 7. The number of carbonyl (C=O) groups excluding carboxylic acids is 1. The fraction of sp³-hybridized carbons (Fsp3) is 0.296. The van der Waals surface area contributed by atoms with Crippen molar-refractivity contribution in [1.29, 1.82) is 0 Å². The number of nitrogens with zero attached hydrogens (tertiary/aromatic N) is 2. The minimum atomic E-state index is -3.90. The molecular formula is C27H29N5O3S2. The van der Waals surface area contributed by atoms with Gasteiger partial charge in [0, 0.05) is 37.1 Å². The van der Waals surface area contributed by atoms with E-state index in [9.17, 15) is 13.2 Å². The van der Waals surface area contributed by atoms with Crippen LogP contribution in [0, 0.1) is 0 Å². The van der Waals surface area contributed by atoms with E-state index < -0.39 is 21.3 Å². The summed E-state index contributed by atoms with van der Waals surface area (Å²) in [6.07, 6.45) is 9.03. The zero-order chi connectivity index (χ0) is 26.0. The summed E-state index contributed by atoms with van der Waals surface area (Å²) >= 11 is 5.84. The van der Waals surface area contributed by atoms with Gasteiger partial charge in [0.1, 0.15) is 5.65 Å². The maximum Gasteiger partial charge on any atom is 0.241 e. The lowest BCUT2D eigenvalue weighted by Gasteiger charge is -2.45. The number of aromatic nitrogens is 2. The fourth-order valence-electron chi connectivity index (χ4n) is 5.44. The van der Waals surface area contributed by atoms with Crippen LogP contribution in [-0.4, -0.2) is 48.3 Å². The third-order valence-electron chi connectivity index (χ3n) is 7.24. The summed E-state index contributed by atoms with van der Waals surface area (Å²) < 4.78 is 30.7. The highest BCUT2D eigenvalue weighted by atomic mass is 32.2. The van der Waals surface area contributed by atoms with E-state index in [1.54, 1.807) is 37.5 Å². The molecule has 2 atom stereocenters. The summed E-state index contributed by atoms with van der Waals surface area (Å²) in [6, 6.07) is 16.0. The smallest absolute Gasteiger partial charge is 0.241 e. The molecule has 1 fully saturated rings. The van der Waals surface area contributed by atoms with Crippen LogP contribution in [0.15, 0.2) is 78.1 Å². The number of hydrogen-bond acceptors (Lipinski definition) is 5. The Morgan fingerprint density at radius 1 is 1.14 bits per heavy atom. The molecule has 1 amide bonds. The van der Waals surface area contributed by atoms with Crippen molar-refractivity contribution in [2.24, 2.45) is 0 Å². The molecule has 192 valence electrons. The summed E-state index contributed by atoms with van der Waals surface area (Å²) in [5, 5.41) is 7.69. The van der Waals surface area contributed by atoms with E-state index in [1.165, 1.54) is 0 Å². The van der Waals surface area contributed by atoms with Gasteiger partial charge in [-0.25, -0.2) is 18.1 Å². The first-order valence-corrected chi connectivity index (χ1v) is 14.2. The Hall–Kier alpha value is -3.34. The summed E-state index contributed by atoms with van der Waals surface area (Å²) in [5.41, 5.74) is 1.19. The van der Waals surface area contributed by atoms with E-state index in [-0.39, 0.29) is 17.5 Å². The Bertz CT molecular complexity index is 1580. The normalized spacial score (nSPS) is 20.1. The molecule has 0 spiro atoms. The molecule has 2 aromatic heterocycles. The highest BCUT2D eigenvalue weighted by Crippen LogP contribution is 2.41. The van der Waals surface area contributed by atoms with E-state index in [0.717, 1.165) is 42.3 Å². The average molecular weight is 536 g/mol. The molecule has 1 aliphatic carbocycles. The molecular weight excluding hydrogens is 506 g/mol. The lowest BCUT2D eigenvalue weighted by molar-refractivity contribution is -0.121. The molecule has 1 aliphatic rings. The van der Waals surface area contributed by atoms with Gasteiger partial charge in [-0.1, -0.05) is 67.5 Å². The van der Waals surface area contributed by atoms with E-state index in [1.807, 2.05) is 47.1 Å². The summed E-state index contributed by atoms with van der Waals surface area (Å²) in [5.74, 6) is -0.400. The van der Waals surface area contributed by atoms with Crippen molar-refractivity contribution in [3.05, 3.63) is 78.8 Å². The standard InChI is InChI=1S/C27H29N5O3S2/c1-28-26(36)27(20-12-13-24-29-15-16-32(24)18-20)14-5-4-11-23(27)31-25(33)17-30-37(34,35)22-10-6-8-19-7-2-3-9-21(19)22/h2-3,6-10,12-13,15-16,18,23,30H,4-5,11,14,17H2,1H3,(H,28,36)(H,31,33). The van der Waals surface area contributed by atoms with E-state index >= 15 is 0 Å². The van der Waals surface area contributed by atoms with Crippen LogP contribution in [0.4, 0.5) is 0 Å². The van der Waals surface area contributed by atoms with Crippen LogP contribution in [0.5, 0.6) is 0 Å². The molecule has 2 aromatic carbocycles. The minimum absolute atomic E-state index is 0.149. The highest BCUT2D eigenvalue weighted by molar-refractivity contribution is 7.89. The van der Waals surface area contributed by atoms with E-state index in [4.69, 9.17) is 12.2 Å². The van der Waals surface area contributed by atoms with Gasteiger partial charge in [-0.15, -0.1) is 0 Å². The van der Waals surface area contributed by atoms with Gasteiger partial charge < -0.3 is 15.0 Å². The predicted octanol–water partition coefficient (Wildman–Crippen LogP) is 3.31. The first-order valence-electron chi connectivity index (χ1n) is 12.3. The first-order chi connectivity index (χ1) is 17.8. The Labute approximate surface area is 221 Å². The Morgan fingerprint density at radius 3 is 2.78 bits per heavy atom. The van der Waals surface area contributed by atoms with Gasteiger partial charge in [-0.2, -0.15) is 0 Å². The number of sulfonamides is 1. The number of pyridine rings is 1. The van der Waals surface area contributed by atoms with Crippen molar-refractivity contribution in [3.8, 4) is 0 Å². The van der Waals surface area contributed by atoms with Gasteiger partial charge in [-0.3, -0.25) is 4.79 Å². The van der Waals surface area contributed by atoms with Crippen molar-refractivity contribution in [3.63, 3.8) is 0 Å². The van der Waals surface area contributed by atoms with Crippen LogP contribution in [0.25, 0.3) is 16.4 Å². The minimum Gasteiger partial charge on any atom is -0.382 e. The molecule has 0 bridgehead atoms. The van der Waals surface area contributed by atoms with Crippen LogP contribution in [0.3, 0.4) is 0 Å². The lowest BCUT2D eigenvalue weighted by atomic mass is 9.66. The summed E-state index contributed by atoms with van der Waals surface area (Å²) in [6.45, 7) is -0.370. The Kier molecular flexibility index (Phi) is 6.98. The Balaban J connectivity index is 1.39. The summed E-state index contributed by atoms with van der Waals surface area (Å²) in [7, 11) is -2.10. The third-order valence-corrected chi connectivity index (χ3v) is 9.27. The summed E-state index contributed by atoms with van der Waals surface area (Å²) in [4.78, 5) is 18.3. The van der Waals surface area contributed by atoms with Crippen molar-refractivity contribution >= 4 is 49.6 Å². The molecule has 0 aliphatic heterocycles. The van der Waals surface area contributed by atoms with Gasteiger partial charge in [-0.05, 0) is 35.9 Å². The molecule has 37 heavy (non-hydrogen) atoms. The van der Waals surface area contributed by atoms with E-state index in [2.05, 4.69) is 20.3 Å². The monoisotopic (exact) mass is 535 g/mol. The van der Waals surface area contributed by atoms with Crippen LogP contribution in [-0.2, 0) is 20.2 Å². The fourth-order valence-corrected chi connectivity index (χ4v) is 7.01. The van der Waals surface area contributed by atoms with Crippen LogP contribution < -0.4 is 15.4 Å². The second-order valence-electron chi connectivity index (χ2n) is 9.33. The van der Waals surface area contributed by atoms with Crippen molar-refractivity contribution < 1.29 is 13.2 Å². The zero-order valence-electron chi connectivity index (χ0n) is 20.5. The molecule has 10 heteroatoms. The topological polar surface area (TPSA) is 105 Å². The molecule has 0 saturated heterocycles. The largest absolute Gasteiger partial charge is 0.382 e. The zero-order valence-corrected chi connectivity index (χ0v) is 22.1. The Morgan fingerprint density at radius 2 is 1.95 bits per heavy atom. The number of imidazole rings is 1. The van der Waals surface area contributed by atoms with Crippen molar-refractivity contribution in [2.45, 2.75) is 42.0 Å². The molecule has 8 nitrogen and oxygen atoms in total. The molecule has 0 radical (unpaired) electrons. The van der Waals surface area contributed by atoms with Gasteiger partial charge in [0.25, 0.3) is 0 Å². The number of fused-ring (bicyclic) bond motifs is 2. The van der Waals surface area contributed by atoms with Gasteiger partial charge >= 0.3 is 0 Å². The predicted molar refractivity (Wildman–Crippen MR) is 148 cm³/mol. The average Bonchev–Trinajstić information content (AvgIpc) is 3.40. The SMILES string of the molecule is CNC(=S)C1(c2ccc3nccn3c2)CCCCC1NC(=O)CNS(=O)(=O)c1cccc2ccccc12. The van der Waals surface area contributed by atoms with Crippen molar-refractivity contribution in [1.82, 2.24) is 24.7 Å². The quantitative estimate of drug-likeness (QED) is 0.314. The number of likely N-dealkylation sites (N-methyl/N-ethyl adjacent to an activating group) is 1. The highest BCUT2D eigenvalue weighted by Gasteiger charge is 2.46.